The van der Waals surface area contributed by atoms with E-state index in [0.717, 1.165) is 9.80 Å². The maximum Gasteiger partial charge on any atom is 3.00 e. The summed E-state index contributed by atoms with van der Waals surface area (Å²) in [7, 11) is -10.9. The molecule has 0 spiro atoms. The zero-order chi connectivity index (χ0) is 31.8. The van der Waals surface area contributed by atoms with Crippen molar-refractivity contribution in [1.82, 2.24) is 9.80 Å². The Hall–Kier alpha value is -0.381. The number of aromatic hydroxyl groups is 2. The number of benzene rings is 2. The van der Waals surface area contributed by atoms with E-state index >= 15 is 0 Å². The molecule has 18 heteroatoms. The molecular weight excluding hydrogens is 673 g/mol. The predicted octanol–water partition coefficient (Wildman–Crippen LogP) is -5.02. The number of aryl methyl sites for hydroxylation is 1. The summed E-state index contributed by atoms with van der Waals surface area (Å²) in [5, 5.41) is 60.8. The van der Waals surface area contributed by atoms with Gasteiger partial charge in [0.2, 0.25) is 0 Å². The summed E-state index contributed by atoms with van der Waals surface area (Å²) in [6, 6.07) is 4.20. The van der Waals surface area contributed by atoms with E-state index in [1.807, 2.05) is 0 Å². The maximum absolute atomic E-state index is 12.2. The molecule has 1 radical (unpaired) electrons. The Morgan fingerprint density at radius 3 is 1.89 bits per heavy atom. The summed E-state index contributed by atoms with van der Waals surface area (Å²) in [6.07, 6.45) is -0.462. The molecule has 2 unspecified atom stereocenters. The molecule has 2 atom stereocenters. The number of aliphatic hydroxyl groups excluding tert-OH is 4. The van der Waals surface area contributed by atoms with Gasteiger partial charge in [0.15, 0.2) is 0 Å². The van der Waals surface area contributed by atoms with Crippen LogP contribution >= 0.6 is 15.2 Å². The molecule has 2 aromatic rings. The molecule has 243 valence electrons. The van der Waals surface area contributed by atoms with E-state index in [9.17, 15) is 59.3 Å². The molecule has 0 fully saturated rings. The Morgan fingerprint density at radius 1 is 0.795 bits per heavy atom. The topological polar surface area (TPSA) is 254 Å². The third-order valence-corrected chi connectivity index (χ3v) is 9.06. The zero-order valence-corrected chi connectivity index (χ0v) is 29.7. The number of phenolic OH excluding ortho intramolecular Hbond substituents is 2. The van der Waals surface area contributed by atoms with E-state index in [-0.39, 0.29) is 88.8 Å². The van der Waals surface area contributed by atoms with Gasteiger partial charge in [-0.05, 0) is 54.8 Å². The first-order chi connectivity index (χ1) is 19.6. The van der Waals surface area contributed by atoms with Gasteiger partial charge in [-0.25, -0.2) is 0 Å². The van der Waals surface area contributed by atoms with Crippen molar-refractivity contribution in [1.29, 1.82) is 0 Å². The van der Waals surface area contributed by atoms with Gasteiger partial charge >= 0.3 is 46.6 Å². The molecule has 44 heavy (non-hydrogen) atoms. The number of hydrogen-bond donors (Lipinski definition) is 6. The molecular formula is C26H38FeN2NaO12P2. The number of nitrogens with zero attached hydrogens (tertiary/aromatic N) is 2. The Bertz CT molecular complexity index is 1300. The molecule has 2 aromatic carbocycles. The second kappa shape index (κ2) is 19.4. The van der Waals surface area contributed by atoms with Crippen molar-refractivity contribution in [3.05, 3.63) is 57.6 Å². The SMILES string of the molecule is CCc1cc(CO)cc(O)c1CN(CC(CO)N(Cc1c(O)ccc(CO)c1CC)C(CO)P(=O)([O-])[O-])CP(=O)([O-])[O-].[Fe+3].[Na+]. The maximum atomic E-state index is 12.2. The van der Waals surface area contributed by atoms with Gasteiger partial charge < -0.3 is 59.3 Å². The van der Waals surface area contributed by atoms with E-state index < -0.39 is 66.2 Å². The summed E-state index contributed by atoms with van der Waals surface area (Å²) in [5.41, 5.74) is 2.11. The van der Waals surface area contributed by atoms with Crippen LogP contribution in [0.15, 0.2) is 24.3 Å². The first-order valence-electron chi connectivity index (χ1n) is 13.2. The van der Waals surface area contributed by atoms with Crippen LogP contribution < -0.4 is 49.1 Å². The monoisotopic (exact) mass is 711 g/mol. The third-order valence-electron chi connectivity index (χ3n) is 7.12. The van der Waals surface area contributed by atoms with Crippen molar-refractivity contribution in [3.8, 4) is 11.5 Å². The Morgan fingerprint density at radius 2 is 1.43 bits per heavy atom. The van der Waals surface area contributed by atoms with Gasteiger partial charge in [0.25, 0.3) is 0 Å². The van der Waals surface area contributed by atoms with E-state index in [4.69, 9.17) is 0 Å². The second-order valence-electron chi connectivity index (χ2n) is 9.95. The number of hydrogen-bond acceptors (Lipinski definition) is 14. The van der Waals surface area contributed by atoms with Gasteiger partial charge in [-0.2, -0.15) is 0 Å². The van der Waals surface area contributed by atoms with Crippen LogP contribution in [0.1, 0.15) is 47.2 Å². The summed E-state index contributed by atoms with van der Waals surface area (Å²) >= 11 is 0. The smallest absolute Gasteiger partial charge is 0.810 e. The second-order valence-corrected chi connectivity index (χ2v) is 13.1. The van der Waals surface area contributed by atoms with E-state index in [2.05, 4.69) is 0 Å². The summed E-state index contributed by atoms with van der Waals surface area (Å²) in [4.78, 5) is 50.2. The normalized spacial score (nSPS) is 13.5. The van der Waals surface area contributed by atoms with Gasteiger partial charge in [-0.15, -0.1) is 0 Å². The molecule has 0 heterocycles. The minimum Gasteiger partial charge on any atom is -0.810 e. The minimum atomic E-state index is -5.60. The van der Waals surface area contributed by atoms with Crippen molar-refractivity contribution in [2.75, 3.05) is 26.0 Å². The Kier molecular flexibility index (Phi) is 19.3. The number of aliphatic hydroxyl groups is 4. The summed E-state index contributed by atoms with van der Waals surface area (Å²) in [6.45, 7) is -0.778. The van der Waals surface area contributed by atoms with Crippen LogP contribution in [0.5, 0.6) is 11.5 Å². The van der Waals surface area contributed by atoms with Gasteiger partial charge in [-0.3, -0.25) is 9.80 Å². The molecule has 0 aliphatic carbocycles. The molecule has 14 nitrogen and oxygen atoms in total. The van der Waals surface area contributed by atoms with Crippen molar-refractivity contribution in [2.24, 2.45) is 0 Å². The van der Waals surface area contributed by atoms with Crippen molar-refractivity contribution in [3.63, 3.8) is 0 Å². The predicted molar refractivity (Wildman–Crippen MR) is 145 cm³/mol. The van der Waals surface area contributed by atoms with Gasteiger partial charge in [-0.1, -0.05) is 33.6 Å². The number of phenols is 2. The van der Waals surface area contributed by atoms with Crippen molar-refractivity contribution < 1.29 is 106 Å². The van der Waals surface area contributed by atoms with Gasteiger partial charge in [0, 0.05) is 43.1 Å². The third kappa shape index (κ3) is 12.0. The fourth-order valence-electron chi connectivity index (χ4n) is 5.12. The number of rotatable bonds is 17. The molecule has 0 aliphatic rings. The molecule has 0 aromatic heterocycles. The van der Waals surface area contributed by atoms with E-state index in [0.29, 0.717) is 28.7 Å². The fourth-order valence-corrected chi connectivity index (χ4v) is 6.66. The molecule has 0 bridgehead atoms. The average Bonchev–Trinajstić information content (AvgIpc) is 2.91. The van der Waals surface area contributed by atoms with Crippen molar-refractivity contribution in [2.45, 2.75) is 64.8 Å². The van der Waals surface area contributed by atoms with E-state index in [1.165, 1.54) is 18.2 Å². The largest absolute Gasteiger partial charge is 3.00 e. The van der Waals surface area contributed by atoms with Gasteiger partial charge in [0.05, 0.1) is 32.2 Å². The fraction of sp³-hybridized carbons (Fsp3) is 0.538. The standard InChI is InChI=1S/C26H42N2O12P2.Fe.Na/c1-3-18-7-17(12-29)8-25(34)22(18)10-27(16-41(35,36)37)9-20(14-31)28(26(15-32)42(38,39)40)11-23-21(4-2)19(13-30)5-6-24(23)33;;/h5-8,20,26,29-34H,3-4,9-16H2,1-2H3,(H2,35,36,37)(H2,38,39,40);;/q;+3;+1/p-4. The summed E-state index contributed by atoms with van der Waals surface area (Å²) in [5.74, 6) is -2.72. The van der Waals surface area contributed by atoms with Crippen LogP contribution in [-0.4, -0.2) is 78.3 Å². The Labute approximate surface area is 289 Å². The molecule has 2 rings (SSSR count). The molecule has 0 aliphatic heterocycles. The average molecular weight is 711 g/mol. The van der Waals surface area contributed by atoms with Crippen LogP contribution in [0.3, 0.4) is 0 Å². The molecule has 6 N–H and O–H groups in total. The van der Waals surface area contributed by atoms with Crippen LogP contribution in [0, 0.1) is 0 Å². The minimum absolute atomic E-state index is 0. The van der Waals surface area contributed by atoms with E-state index in [1.54, 1.807) is 19.9 Å². The summed E-state index contributed by atoms with van der Waals surface area (Å²) < 4.78 is 24.1. The first kappa shape index (κ1) is 43.6. The molecule has 0 saturated carbocycles. The zero-order valence-electron chi connectivity index (χ0n) is 24.8. The van der Waals surface area contributed by atoms with Crippen molar-refractivity contribution >= 4 is 15.2 Å². The van der Waals surface area contributed by atoms with Crippen LogP contribution in [0.25, 0.3) is 0 Å². The quantitative estimate of drug-likeness (QED) is 0.0664. The van der Waals surface area contributed by atoms with Crippen LogP contribution in [0.2, 0.25) is 0 Å². The molecule has 0 saturated heterocycles. The molecule has 0 amide bonds. The Balaban J connectivity index is 0.00000924. The van der Waals surface area contributed by atoms with Gasteiger partial charge in [0.1, 0.15) is 11.5 Å². The van der Waals surface area contributed by atoms with Crippen LogP contribution in [-0.2, 0) is 65.3 Å². The van der Waals surface area contributed by atoms with Crippen LogP contribution in [0.4, 0.5) is 0 Å². The first-order valence-corrected chi connectivity index (χ1v) is 16.6.